The normalized spacial score (nSPS) is 10.1. The van der Waals surface area contributed by atoms with Gasteiger partial charge in [-0.05, 0) is 19.1 Å². The molecule has 72 valence electrons. The average Bonchev–Trinajstić information content (AvgIpc) is 2.51. The van der Waals surface area contributed by atoms with Crippen molar-refractivity contribution in [3.05, 3.63) is 34.6 Å². The molecule has 0 aliphatic carbocycles. The number of halogens is 1. The van der Waals surface area contributed by atoms with Gasteiger partial charge < -0.3 is 9.84 Å². The maximum absolute atomic E-state index is 4.99. The Labute approximate surface area is 89.5 Å². The Morgan fingerprint density at radius 2 is 2.29 bits per heavy atom. The molecule has 1 N–H and O–H groups in total. The van der Waals surface area contributed by atoms with E-state index in [1.807, 2.05) is 25.1 Å². The van der Waals surface area contributed by atoms with Crippen LogP contribution in [0, 0.1) is 6.92 Å². The standard InChI is InChI=1S/C9H8BrN3O/c1-6-4-9(14-13-6)12-8-5-7(10)2-3-11-8/h2-5H,1H3,(H,11,12). The number of anilines is 2. The SMILES string of the molecule is Cc1cc(Nc2cc(Br)ccn2)on1. The summed E-state index contributed by atoms with van der Waals surface area (Å²) in [4.78, 5) is 4.12. The molecule has 0 bridgehead atoms. The summed E-state index contributed by atoms with van der Waals surface area (Å²) in [5, 5.41) is 6.75. The van der Waals surface area contributed by atoms with Crippen molar-refractivity contribution in [3.63, 3.8) is 0 Å². The predicted molar refractivity (Wildman–Crippen MR) is 56.5 cm³/mol. The van der Waals surface area contributed by atoms with Gasteiger partial charge in [0.25, 0.3) is 0 Å². The van der Waals surface area contributed by atoms with E-state index in [2.05, 4.69) is 31.4 Å². The minimum atomic E-state index is 0.591. The first-order chi connectivity index (χ1) is 6.74. The van der Waals surface area contributed by atoms with Gasteiger partial charge in [0, 0.05) is 16.7 Å². The van der Waals surface area contributed by atoms with Crippen LogP contribution in [0.4, 0.5) is 11.7 Å². The zero-order valence-corrected chi connectivity index (χ0v) is 9.08. The second-order valence-corrected chi connectivity index (χ2v) is 3.73. The van der Waals surface area contributed by atoms with Crippen LogP contribution in [0.1, 0.15) is 5.69 Å². The van der Waals surface area contributed by atoms with Gasteiger partial charge in [-0.25, -0.2) is 4.98 Å². The second kappa shape index (κ2) is 3.79. The third kappa shape index (κ3) is 2.11. The molecule has 0 unspecified atom stereocenters. The summed E-state index contributed by atoms with van der Waals surface area (Å²) in [7, 11) is 0. The minimum absolute atomic E-state index is 0.591. The molecule has 0 aliphatic rings. The monoisotopic (exact) mass is 253 g/mol. The number of nitrogens with zero attached hydrogens (tertiary/aromatic N) is 2. The van der Waals surface area contributed by atoms with Gasteiger partial charge in [-0.2, -0.15) is 0 Å². The van der Waals surface area contributed by atoms with E-state index in [0.29, 0.717) is 5.88 Å². The third-order valence-corrected chi connectivity index (χ3v) is 2.09. The van der Waals surface area contributed by atoms with Crippen LogP contribution < -0.4 is 5.32 Å². The maximum Gasteiger partial charge on any atom is 0.230 e. The third-order valence-electron chi connectivity index (χ3n) is 1.60. The van der Waals surface area contributed by atoms with Gasteiger partial charge in [0.2, 0.25) is 5.88 Å². The summed E-state index contributed by atoms with van der Waals surface area (Å²) in [5.41, 5.74) is 0.836. The van der Waals surface area contributed by atoms with Gasteiger partial charge >= 0.3 is 0 Å². The number of hydrogen-bond donors (Lipinski definition) is 1. The van der Waals surface area contributed by atoms with Crippen molar-refractivity contribution < 1.29 is 4.52 Å². The number of nitrogens with one attached hydrogen (secondary N) is 1. The highest BCUT2D eigenvalue weighted by atomic mass is 79.9. The van der Waals surface area contributed by atoms with Gasteiger partial charge in [0.1, 0.15) is 5.82 Å². The van der Waals surface area contributed by atoms with E-state index in [9.17, 15) is 0 Å². The Kier molecular flexibility index (Phi) is 2.49. The van der Waals surface area contributed by atoms with Crippen molar-refractivity contribution in [2.75, 3.05) is 5.32 Å². The van der Waals surface area contributed by atoms with E-state index in [0.717, 1.165) is 16.0 Å². The molecule has 14 heavy (non-hydrogen) atoms. The first-order valence-electron chi connectivity index (χ1n) is 4.06. The lowest BCUT2D eigenvalue weighted by molar-refractivity contribution is 0.429. The van der Waals surface area contributed by atoms with Gasteiger partial charge in [-0.15, -0.1) is 0 Å². The molecule has 0 saturated heterocycles. The predicted octanol–water partition coefficient (Wildman–Crippen LogP) is 2.88. The Bertz CT molecular complexity index is 441. The zero-order chi connectivity index (χ0) is 9.97. The van der Waals surface area contributed by atoms with Gasteiger partial charge in [0.15, 0.2) is 0 Å². The van der Waals surface area contributed by atoms with Crippen LogP contribution in [0.25, 0.3) is 0 Å². The average molecular weight is 254 g/mol. The smallest absolute Gasteiger partial charge is 0.230 e. The van der Waals surface area contributed by atoms with Crippen molar-refractivity contribution in [1.29, 1.82) is 0 Å². The first-order valence-corrected chi connectivity index (χ1v) is 4.85. The summed E-state index contributed by atoms with van der Waals surface area (Å²) in [6.07, 6.45) is 1.70. The molecule has 0 fully saturated rings. The van der Waals surface area contributed by atoms with Crippen LogP contribution >= 0.6 is 15.9 Å². The van der Waals surface area contributed by atoms with Crippen molar-refractivity contribution in [2.45, 2.75) is 6.92 Å². The highest BCUT2D eigenvalue weighted by Crippen LogP contribution is 2.18. The lowest BCUT2D eigenvalue weighted by atomic mass is 10.4. The molecule has 0 saturated carbocycles. The zero-order valence-electron chi connectivity index (χ0n) is 7.49. The van der Waals surface area contributed by atoms with E-state index in [1.54, 1.807) is 6.20 Å². The molecule has 4 nitrogen and oxygen atoms in total. The quantitative estimate of drug-likeness (QED) is 0.895. The van der Waals surface area contributed by atoms with E-state index >= 15 is 0 Å². The molecule has 2 rings (SSSR count). The van der Waals surface area contributed by atoms with Crippen molar-refractivity contribution in [2.24, 2.45) is 0 Å². The fraction of sp³-hybridized carbons (Fsp3) is 0.111. The highest BCUT2D eigenvalue weighted by Gasteiger charge is 2.01. The molecular weight excluding hydrogens is 246 g/mol. The number of hydrogen-bond acceptors (Lipinski definition) is 4. The molecule has 0 spiro atoms. The lowest BCUT2D eigenvalue weighted by Crippen LogP contribution is -1.90. The first kappa shape index (κ1) is 9.21. The number of pyridine rings is 1. The molecule has 0 aromatic carbocycles. The topological polar surface area (TPSA) is 51.0 Å². The van der Waals surface area contributed by atoms with Crippen LogP contribution in [0.2, 0.25) is 0 Å². The molecule has 2 aromatic heterocycles. The van der Waals surface area contributed by atoms with Crippen LogP contribution in [-0.2, 0) is 0 Å². The summed E-state index contributed by atoms with van der Waals surface area (Å²) >= 11 is 3.35. The highest BCUT2D eigenvalue weighted by molar-refractivity contribution is 9.10. The Balaban J connectivity index is 2.18. The van der Waals surface area contributed by atoms with E-state index in [1.165, 1.54) is 0 Å². The van der Waals surface area contributed by atoms with Crippen molar-refractivity contribution in [1.82, 2.24) is 10.1 Å². The van der Waals surface area contributed by atoms with Crippen LogP contribution in [-0.4, -0.2) is 10.1 Å². The number of rotatable bonds is 2. The van der Waals surface area contributed by atoms with Crippen molar-refractivity contribution in [3.8, 4) is 0 Å². The summed E-state index contributed by atoms with van der Waals surface area (Å²) in [6.45, 7) is 1.86. The Morgan fingerprint density at radius 1 is 1.43 bits per heavy atom. The maximum atomic E-state index is 4.99. The lowest BCUT2D eigenvalue weighted by Gasteiger charge is -1.99. The minimum Gasteiger partial charge on any atom is -0.338 e. The largest absolute Gasteiger partial charge is 0.338 e. The molecule has 0 radical (unpaired) electrons. The molecule has 0 atom stereocenters. The summed E-state index contributed by atoms with van der Waals surface area (Å²) in [6, 6.07) is 5.53. The summed E-state index contributed by atoms with van der Waals surface area (Å²) < 4.78 is 5.96. The summed E-state index contributed by atoms with van der Waals surface area (Å²) in [5.74, 6) is 1.31. The molecular formula is C9H8BrN3O. The molecule has 2 aromatic rings. The van der Waals surface area contributed by atoms with Gasteiger partial charge in [0.05, 0.1) is 5.69 Å². The second-order valence-electron chi connectivity index (χ2n) is 2.82. The van der Waals surface area contributed by atoms with Gasteiger partial charge in [-0.3, -0.25) is 0 Å². The molecule has 5 heteroatoms. The fourth-order valence-corrected chi connectivity index (χ4v) is 1.36. The number of aromatic nitrogens is 2. The van der Waals surface area contributed by atoms with E-state index < -0.39 is 0 Å². The van der Waals surface area contributed by atoms with Gasteiger partial charge in [-0.1, -0.05) is 21.1 Å². The molecule has 2 heterocycles. The van der Waals surface area contributed by atoms with Crippen LogP contribution in [0.3, 0.4) is 0 Å². The Hall–Kier alpha value is -1.36. The molecule has 0 amide bonds. The van der Waals surface area contributed by atoms with Crippen LogP contribution in [0.15, 0.2) is 33.4 Å². The molecule has 0 aliphatic heterocycles. The van der Waals surface area contributed by atoms with Crippen molar-refractivity contribution >= 4 is 27.6 Å². The number of aryl methyl sites for hydroxylation is 1. The Morgan fingerprint density at radius 3 is 2.93 bits per heavy atom. The van der Waals surface area contributed by atoms with E-state index in [4.69, 9.17) is 4.52 Å². The van der Waals surface area contributed by atoms with E-state index in [-0.39, 0.29) is 0 Å². The van der Waals surface area contributed by atoms with Crippen LogP contribution in [0.5, 0.6) is 0 Å². The fourth-order valence-electron chi connectivity index (χ4n) is 1.02.